The smallest absolute Gasteiger partial charge is 0.250 e. The van der Waals surface area contributed by atoms with Crippen molar-refractivity contribution in [3.63, 3.8) is 0 Å². The highest BCUT2D eigenvalue weighted by molar-refractivity contribution is 7.91. The molecule has 118 valence electrons. The number of carbonyl (C=O) groups is 1. The monoisotopic (exact) mass is 331 g/mol. The summed E-state index contributed by atoms with van der Waals surface area (Å²) in [5, 5.41) is 7.90. The average molecular weight is 331 g/mol. The Balaban J connectivity index is 1.93. The molecule has 1 aromatic rings. The average Bonchev–Trinajstić information content (AvgIpc) is 2.95. The van der Waals surface area contributed by atoms with Crippen molar-refractivity contribution >= 4 is 27.3 Å². The van der Waals surface area contributed by atoms with Crippen molar-refractivity contribution < 1.29 is 13.2 Å². The number of hydrogen-bond donors (Lipinski definition) is 3. The standard InChI is InChI=1S/C13H21N3O3S2/c1-9-11(5-3-7-14-9)15-13(17)10(2)16-21(18,19)12-6-4-8-20-12/h4,6,8-11,14,16H,3,5,7H2,1-2H3,(H,15,17). The summed E-state index contributed by atoms with van der Waals surface area (Å²) >= 11 is 1.13. The summed E-state index contributed by atoms with van der Waals surface area (Å²) in [7, 11) is -3.62. The molecule has 8 heteroatoms. The van der Waals surface area contributed by atoms with Crippen LogP contribution in [0.5, 0.6) is 0 Å². The topological polar surface area (TPSA) is 87.3 Å². The summed E-state index contributed by atoms with van der Waals surface area (Å²) in [6.07, 6.45) is 1.91. The normalized spacial score (nSPS) is 24.5. The van der Waals surface area contributed by atoms with E-state index >= 15 is 0 Å². The largest absolute Gasteiger partial charge is 0.350 e. The third-order valence-electron chi connectivity index (χ3n) is 3.57. The molecule has 1 fully saturated rings. The maximum absolute atomic E-state index is 12.1. The molecule has 2 heterocycles. The van der Waals surface area contributed by atoms with E-state index in [0.717, 1.165) is 30.7 Å². The van der Waals surface area contributed by atoms with Gasteiger partial charge in [0.05, 0.1) is 6.04 Å². The summed E-state index contributed by atoms with van der Waals surface area (Å²) in [6, 6.07) is 2.62. The number of hydrogen-bond acceptors (Lipinski definition) is 5. The molecule has 3 N–H and O–H groups in total. The zero-order chi connectivity index (χ0) is 15.5. The van der Waals surface area contributed by atoms with Crippen LogP contribution in [0.25, 0.3) is 0 Å². The molecule has 1 amide bonds. The highest BCUT2D eigenvalue weighted by Gasteiger charge is 2.27. The Hall–Kier alpha value is -0.960. The first kappa shape index (κ1) is 16.4. The van der Waals surface area contributed by atoms with Gasteiger partial charge in [0.2, 0.25) is 5.91 Å². The molecule has 0 spiro atoms. The molecule has 0 bridgehead atoms. The van der Waals surface area contributed by atoms with Crippen molar-refractivity contribution in [3.05, 3.63) is 17.5 Å². The van der Waals surface area contributed by atoms with E-state index in [1.54, 1.807) is 18.4 Å². The van der Waals surface area contributed by atoms with Gasteiger partial charge in [0, 0.05) is 12.1 Å². The Kier molecular flexibility index (Phi) is 5.37. The van der Waals surface area contributed by atoms with E-state index in [1.165, 1.54) is 6.07 Å². The molecule has 0 radical (unpaired) electrons. The fourth-order valence-corrected chi connectivity index (χ4v) is 4.52. The summed E-state index contributed by atoms with van der Waals surface area (Å²) in [4.78, 5) is 12.1. The molecular weight excluding hydrogens is 310 g/mol. The zero-order valence-corrected chi connectivity index (χ0v) is 13.8. The van der Waals surface area contributed by atoms with Gasteiger partial charge in [-0.2, -0.15) is 4.72 Å². The number of amides is 1. The fourth-order valence-electron chi connectivity index (χ4n) is 2.31. The minimum atomic E-state index is -3.62. The Morgan fingerprint density at radius 3 is 2.90 bits per heavy atom. The molecular formula is C13H21N3O3S2. The van der Waals surface area contributed by atoms with Crippen LogP contribution in [-0.2, 0) is 14.8 Å². The summed E-state index contributed by atoms with van der Waals surface area (Å²) < 4.78 is 26.8. The SMILES string of the molecule is CC(NS(=O)(=O)c1cccs1)C(=O)NC1CCCNC1C. The van der Waals surface area contributed by atoms with E-state index in [2.05, 4.69) is 15.4 Å². The van der Waals surface area contributed by atoms with Gasteiger partial charge in [-0.25, -0.2) is 8.42 Å². The summed E-state index contributed by atoms with van der Waals surface area (Å²) in [5.41, 5.74) is 0. The minimum absolute atomic E-state index is 0.0416. The van der Waals surface area contributed by atoms with Crippen molar-refractivity contribution in [1.82, 2.24) is 15.4 Å². The first-order valence-electron chi connectivity index (χ1n) is 7.00. The quantitative estimate of drug-likeness (QED) is 0.740. The van der Waals surface area contributed by atoms with Gasteiger partial charge in [0.25, 0.3) is 10.0 Å². The molecule has 1 saturated heterocycles. The number of thiophene rings is 1. The van der Waals surface area contributed by atoms with Crippen molar-refractivity contribution in [3.8, 4) is 0 Å². The Morgan fingerprint density at radius 1 is 1.52 bits per heavy atom. The van der Waals surface area contributed by atoms with Crippen LogP contribution in [0, 0.1) is 0 Å². The lowest BCUT2D eigenvalue weighted by molar-refractivity contribution is -0.123. The highest BCUT2D eigenvalue weighted by Crippen LogP contribution is 2.16. The third kappa shape index (κ3) is 4.26. The number of piperidine rings is 1. The van der Waals surface area contributed by atoms with Gasteiger partial charge >= 0.3 is 0 Å². The van der Waals surface area contributed by atoms with E-state index < -0.39 is 16.1 Å². The third-order valence-corrected chi connectivity index (χ3v) is 6.51. The number of rotatable bonds is 5. The van der Waals surface area contributed by atoms with Crippen LogP contribution in [0.4, 0.5) is 0 Å². The van der Waals surface area contributed by atoms with Gasteiger partial charge in [-0.3, -0.25) is 4.79 Å². The molecule has 0 aliphatic carbocycles. The Bertz CT molecular complexity index is 571. The maximum atomic E-state index is 12.1. The summed E-state index contributed by atoms with van der Waals surface area (Å²) in [6.45, 7) is 4.53. The summed E-state index contributed by atoms with van der Waals surface area (Å²) in [5.74, 6) is -0.296. The maximum Gasteiger partial charge on any atom is 0.250 e. The second-order valence-electron chi connectivity index (χ2n) is 5.28. The van der Waals surface area contributed by atoms with Crippen molar-refractivity contribution in [1.29, 1.82) is 0 Å². The number of carbonyl (C=O) groups excluding carboxylic acids is 1. The van der Waals surface area contributed by atoms with Crippen molar-refractivity contribution in [2.75, 3.05) is 6.54 Å². The van der Waals surface area contributed by atoms with E-state index in [4.69, 9.17) is 0 Å². The molecule has 1 aromatic heterocycles. The molecule has 0 aromatic carbocycles. The second kappa shape index (κ2) is 6.87. The fraction of sp³-hybridized carbons (Fsp3) is 0.615. The number of sulfonamides is 1. The van der Waals surface area contributed by atoms with Gasteiger partial charge in [-0.05, 0) is 44.7 Å². The molecule has 1 aliphatic heterocycles. The molecule has 1 aliphatic rings. The van der Waals surface area contributed by atoms with Gasteiger partial charge in [-0.15, -0.1) is 11.3 Å². The van der Waals surface area contributed by atoms with Gasteiger partial charge in [-0.1, -0.05) is 6.07 Å². The molecule has 3 atom stereocenters. The van der Waals surface area contributed by atoms with Gasteiger partial charge in [0.15, 0.2) is 0 Å². The first-order chi connectivity index (χ1) is 9.90. The highest BCUT2D eigenvalue weighted by atomic mass is 32.2. The van der Waals surface area contributed by atoms with Crippen LogP contribution in [0.15, 0.2) is 21.7 Å². The molecule has 3 unspecified atom stereocenters. The molecule has 0 saturated carbocycles. The van der Waals surface area contributed by atoms with Crippen LogP contribution in [0.3, 0.4) is 0 Å². The molecule has 21 heavy (non-hydrogen) atoms. The number of nitrogens with one attached hydrogen (secondary N) is 3. The van der Waals surface area contributed by atoms with Gasteiger partial charge in [0.1, 0.15) is 4.21 Å². The van der Waals surface area contributed by atoms with Gasteiger partial charge < -0.3 is 10.6 Å². The lowest BCUT2D eigenvalue weighted by Crippen LogP contribution is -2.55. The molecule has 6 nitrogen and oxygen atoms in total. The predicted octanol–water partition coefficient (Wildman–Crippen LogP) is 0.672. The van der Waals surface area contributed by atoms with Crippen molar-refractivity contribution in [2.24, 2.45) is 0 Å². The van der Waals surface area contributed by atoms with E-state index in [-0.39, 0.29) is 22.2 Å². The van der Waals surface area contributed by atoms with Crippen LogP contribution in [-0.4, -0.2) is 39.0 Å². The lowest BCUT2D eigenvalue weighted by Gasteiger charge is -2.31. The zero-order valence-electron chi connectivity index (χ0n) is 12.1. The van der Waals surface area contributed by atoms with Crippen LogP contribution in [0.2, 0.25) is 0 Å². The first-order valence-corrected chi connectivity index (χ1v) is 9.36. The minimum Gasteiger partial charge on any atom is -0.350 e. The Labute approximate surface area is 129 Å². The second-order valence-corrected chi connectivity index (χ2v) is 8.16. The van der Waals surface area contributed by atoms with E-state index in [1.807, 2.05) is 6.92 Å². The Morgan fingerprint density at radius 2 is 2.29 bits per heavy atom. The van der Waals surface area contributed by atoms with Crippen LogP contribution < -0.4 is 15.4 Å². The van der Waals surface area contributed by atoms with E-state index in [9.17, 15) is 13.2 Å². The predicted molar refractivity (Wildman–Crippen MR) is 82.7 cm³/mol. The van der Waals surface area contributed by atoms with Crippen molar-refractivity contribution in [2.45, 2.75) is 49.0 Å². The molecule has 2 rings (SSSR count). The van der Waals surface area contributed by atoms with Crippen LogP contribution in [0.1, 0.15) is 26.7 Å². The lowest BCUT2D eigenvalue weighted by atomic mass is 9.99. The van der Waals surface area contributed by atoms with E-state index in [0.29, 0.717) is 0 Å². The van der Waals surface area contributed by atoms with Crippen LogP contribution >= 0.6 is 11.3 Å².